The highest BCUT2D eigenvalue weighted by Gasteiger charge is 2.17. The van der Waals surface area contributed by atoms with Gasteiger partial charge < -0.3 is 19.5 Å². The number of benzene rings is 2. The number of amides is 1. The molecule has 10 heteroatoms. The molecular weight excluding hydrogens is 482 g/mol. The zero-order valence-corrected chi connectivity index (χ0v) is 20.9. The van der Waals surface area contributed by atoms with E-state index in [1.165, 1.54) is 28.3 Å². The SMILES string of the molecule is CCCOC(=O)c1cccc(NC(=O)Cn2cnc3scc(-c4ccc(OC)c(OC)c4)c3c2=O)c1. The molecule has 36 heavy (non-hydrogen) atoms. The van der Waals surface area contributed by atoms with Crippen LogP contribution in [0.2, 0.25) is 0 Å². The number of rotatable bonds is 9. The van der Waals surface area contributed by atoms with Gasteiger partial charge in [0.1, 0.15) is 11.4 Å². The van der Waals surface area contributed by atoms with Gasteiger partial charge in [-0.2, -0.15) is 0 Å². The summed E-state index contributed by atoms with van der Waals surface area (Å²) in [6.07, 6.45) is 2.07. The molecule has 0 atom stereocenters. The topological polar surface area (TPSA) is 109 Å². The number of hydrogen-bond acceptors (Lipinski definition) is 8. The Labute approximate surface area is 211 Å². The Bertz CT molecular complexity index is 1480. The van der Waals surface area contributed by atoms with E-state index in [1.807, 2.05) is 18.4 Å². The van der Waals surface area contributed by atoms with Crippen LogP contribution >= 0.6 is 11.3 Å². The molecule has 1 amide bonds. The van der Waals surface area contributed by atoms with Gasteiger partial charge in [0.05, 0.1) is 38.1 Å². The molecular formula is C26H25N3O6S. The van der Waals surface area contributed by atoms with E-state index in [9.17, 15) is 14.4 Å². The van der Waals surface area contributed by atoms with E-state index in [4.69, 9.17) is 14.2 Å². The van der Waals surface area contributed by atoms with E-state index in [2.05, 4.69) is 10.3 Å². The second-order valence-electron chi connectivity index (χ2n) is 7.84. The number of anilines is 1. The Morgan fingerprint density at radius 2 is 1.89 bits per heavy atom. The molecule has 2 aromatic heterocycles. The molecule has 2 aromatic carbocycles. The summed E-state index contributed by atoms with van der Waals surface area (Å²) in [6.45, 7) is 1.99. The molecule has 0 aliphatic carbocycles. The largest absolute Gasteiger partial charge is 0.493 e. The zero-order valence-electron chi connectivity index (χ0n) is 20.1. The average molecular weight is 508 g/mol. The van der Waals surface area contributed by atoms with Crippen LogP contribution in [0.25, 0.3) is 21.3 Å². The van der Waals surface area contributed by atoms with Gasteiger partial charge in [0.2, 0.25) is 5.91 Å². The van der Waals surface area contributed by atoms with Gasteiger partial charge in [0.25, 0.3) is 5.56 Å². The number of nitrogens with one attached hydrogen (secondary N) is 1. The number of aromatic nitrogens is 2. The molecule has 9 nitrogen and oxygen atoms in total. The molecule has 0 aliphatic heterocycles. The van der Waals surface area contributed by atoms with Crippen molar-refractivity contribution in [1.82, 2.24) is 9.55 Å². The number of methoxy groups -OCH3 is 2. The molecule has 4 rings (SSSR count). The van der Waals surface area contributed by atoms with Gasteiger partial charge >= 0.3 is 5.97 Å². The van der Waals surface area contributed by atoms with Crippen LogP contribution in [0.4, 0.5) is 5.69 Å². The number of thiophene rings is 1. The van der Waals surface area contributed by atoms with E-state index >= 15 is 0 Å². The zero-order chi connectivity index (χ0) is 25.7. The summed E-state index contributed by atoms with van der Waals surface area (Å²) < 4.78 is 17.1. The molecule has 0 spiro atoms. The Hall–Kier alpha value is -4.18. The number of nitrogens with zero attached hydrogens (tertiary/aromatic N) is 2. The van der Waals surface area contributed by atoms with Crippen molar-refractivity contribution in [3.05, 3.63) is 70.1 Å². The molecule has 0 saturated carbocycles. The van der Waals surface area contributed by atoms with Crippen LogP contribution in [0.15, 0.2) is 59.0 Å². The fraction of sp³-hybridized carbons (Fsp3) is 0.231. The fourth-order valence-corrected chi connectivity index (χ4v) is 4.56. The summed E-state index contributed by atoms with van der Waals surface area (Å²) in [6, 6.07) is 11.9. The number of carbonyl (C=O) groups is 2. The maximum atomic E-state index is 13.3. The minimum atomic E-state index is -0.459. The maximum Gasteiger partial charge on any atom is 0.338 e. The highest BCUT2D eigenvalue weighted by molar-refractivity contribution is 7.17. The van der Waals surface area contributed by atoms with Gasteiger partial charge in [0, 0.05) is 16.6 Å². The van der Waals surface area contributed by atoms with Crippen molar-refractivity contribution in [3.63, 3.8) is 0 Å². The number of carbonyl (C=O) groups excluding carboxylic acids is 2. The first-order chi connectivity index (χ1) is 17.4. The van der Waals surface area contributed by atoms with E-state index in [1.54, 1.807) is 44.6 Å². The standard InChI is InChI=1S/C26H25N3O6S/c1-4-10-35-26(32)17-6-5-7-18(11-17)28-22(30)13-29-15-27-24-23(25(29)31)19(14-36-24)16-8-9-20(33-2)21(12-16)34-3/h5-9,11-12,14-15H,4,10,13H2,1-3H3,(H,28,30). The fourth-order valence-electron chi connectivity index (χ4n) is 3.65. The molecule has 0 bridgehead atoms. The van der Waals surface area contributed by atoms with Crippen LogP contribution in [-0.4, -0.2) is 42.3 Å². The minimum absolute atomic E-state index is 0.243. The third kappa shape index (κ3) is 5.23. The van der Waals surface area contributed by atoms with Crippen LogP contribution in [0.3, 0.4) is 0 Å². The van der Waals surface area contributed by atoms with Crippen LogP contribution in [0.5, 0.6) is 11.5 Å². The van der Waals surface area contributed by atoms with Crippen molar-refractivity contribution in [2.24, 2.45) is 0 Å². The lowest BCUT2D eigenvalue weighted by molar-refractivity contribution is -0.116. The summed E-state index contributed by atoms with van der Waals surface area (Å²) >= 11 is 1.35. The normalized spacial score (nSPS) is 10.8. The average Bonchev–Trinajstić information content (AvgIpc) is 3.33. The molecule has 0 fully saturated rings. The predicted molar refractivity (Wildman–Crippen MR) is 138 cm³/mol. The Balaban J connectivity index is 1.58. The van der Waals surface area contributed by atoms with Crippen molar-refractivity contribution >= 4 is 39.1 Å². The van der Waals surface area contributed by atoms with Crippen molar-refractivity contribution in [3.8, 4) is 22.6 Å². The Kier molecular flexibility index (Phi) is 7.65. The molecule has 2 heterocycles. The molecule has 0 unspecified atom stereocenters. The second-order valence-corrected chi connectivity index (χ2v) is 8.70. The van der Waals surface area contributed by atoms with Gasteiger partial charge in [-0.05, 0) is 42.3 Å². The number of fused-ring (bicyclic) bond motifs is 1. The predicted octanol–water partition coefficient (Wildman–Crippen LogP) is 4.35. The van der Waals surface area contributed by atoms with Crippen LogP contribution in [0, 0.1) is 0 Å². The second kappa shape index (κ2) is 11.0. The third-order valence-corrected chi connectivity index (χ3v) is 6.27. The maximum absolute atomic E-state index is 13.3. The van der Waals surface area contributed by atoms with Gasteiger partial charge in [0.15, 0.2) is 11.5 Å². The molecule has 1 N–H and O–H groups in total. The molecule has 0 aliphatic rings. The van der Waals surface area contributed by atoms with E-state index in [0.717, 1.165) is 5.56 Å². The summed E-state index contributed by atoms with van der Waals surface area (Å²) in [4.78, 5) is 43.1. The molecule has 0 radical (unpaired) electrons. The van der Waals surface area contributed by atoms with Crippen molar-refractivity contribution in [2.45, 2.75) is 19.9 Å². The number of hydrogen-bond donors (Lipinski definition) is 1. The van der Waals surface area contributed by atoms with E-state index in [-0.39, 0.29) is 12.1 Å². The lowest BCUT2D eigenvalue weighted by atomic mass is 10.1. The van der Waals surface area contributed by atoms with Crippen LogP contribution in [-0.2, 0) is 16.1 Å². The van der Waals surface area contributed by atoms with Gasteiger partial charge in [-0.25, -0.2) is 9.78 Å². The van der Waals surface area contributed by atoms with Crippen molar-refractivity contribution < 1.29 is 23.8 Å². The summed E-state index contributed by atoms with van der Waals surface area (Å²) in [5.41, 5.74) is 1.89. The molecule has 0 saturated heterocycles. The first kappa shape index (κ1) is 24.9. The first-order valence-electron chi connectivity index (χ1n) is 11.2. The third-order valence-electron chi connectivity index (χ3n) is 5.39. The van der Waals surface area contributed by atoms with Crippen LogP contribution < -0.4 is 20.3 Å². The van der Waals surface area contributed by atoms with Crippen molar-refractivity contribution in [1.29, 1.82) is 0 Å². The lowest BCUT2D eigenvalue weighted by Crippen LogP contribution is -2.27. The summed E-state index contributed by atoms with van der Waals surface area (Å²) in [5, 5.41) is 5.00. The minimum Gasteiger partial charge on any atom is -0.493 e. The van der Waals surface area contributed by atoms with Gasteiger partial charge in [-0.15, -0.1) is 11.3 Å². The van der Waals surface area contributed by atoms with Crippen molar-refractivity contribution in [2.75, 3.05) is 26.1 Å². The number of esters is 1. The van der Waals surface area contributed by atoms with E-state index in [0.29, 0.717) is 51.6 Å². The number of ether oxygens (including phenoxy) is 3. The molecule has 4 aromatic rings. The first-order valence-corrected chi connectivity index (χ1v) is 12.1. The Morgan fingerprint density at radius 1 is 1.08 bits per heavy atom. The highest BCUT2D eigenvalue weighted by Crippen LogP contribution is 2.36. The smallest absolute Gasteiger partial charge is 0.338 e. The summed E-state index contributed by atoms with van der Waals surface area (Å²) in [5.74, 6) is 0.230. The monoisotopic (exact) mass is 507 g/mol. The van der Waals surface area contributed by atoms with Gasteiger partial charge in [-0.3, -0.25) is 14.2 Å². The Morgan fingerprint density at radius 3 is 2.64 bits per heavy atom. The van der Waals surface area contributed by atoms with E-state index < -0.39 is 11.9 Å². The molecule has 186 valence electrons. The quantitative estimate of drug-likeness (QED) is 0.336. The summed E-state index contributed by atoms with van der Waals surface area (Å²) in [7, 11) is 3.10. The lowest BCUT2D eigenvalue weighted by Gasteiger charge is -2.10. The van der Waals surface area contributed by atoms with Gasteiger partial charge in [-0.1, -0.05) is 19.1 Å². The van der Waals surface area contributed by atoms with Crippen LogP contribution in [0.1, 0.15) is 23.7 Å². The highest BCUT2D eigenvalue weighted by atomic mass is 32.1.